The second kappa shape index (κ2) is 4.94. The van der Waals surface area contributed by atoms with Crippen molar-refractivity contribution in [3.05, 3.63) is 64.1 Å². The van der Waals surface area contributed by atoms with Crippen LogP contribution in [0, 0.1) is 0 Å². The minimum Gasteiger partial charge on any atom is -0.478 e. The number of rotatable bonds is 3. The number of imidazole rings is 1. The normalized spacial score (nSPS) is 10.9. The molecular formula is C16H14N2O3. The summed E-state index contributed by atoms with van der Waals surface area (Å²) in [6, 6.07) is 12.2. The van der Waals surface area contributed by atoms with Crippen molar-refractivity contribution in [2.24, 2.45) is 0 Å². The van der Waals surface area contributed by atoms with Crippen LogP contribution in [-0.2, 0) is 6.42 Å². The van der Waals surface area contributed by atoms with Gasteiger partial charge in [0.05, 0.1) is 22.3 Å². The van der Waals surface area contributed by atoms with Gasteiger partial charge in [-0.15, -0.1) is 0 Å². The largest absolute Gasteiger partial charge is 0.478 e. The van der Waals surface area contributed by atoms with Crippen LogP contribution in [0.2, 0.25) is 0 Å². The Bertz CT molecular complexity index is 873. The van der Waals surface area contributed by atoms with E-state index in [-0.39, 0.29) is 11.3 Å². The summed E-state index contributed by atoms with van der Waals surface area (Å²) >= 11 is 0. The molecule has 0 aliphatic carbocycles. The highest BCUT2D eigenvalue weighted by atomic mass is 16.4. The van der Waals surface area contributed by atoms with Crippen LogP contribution < -0.4 is 5.69 Å². The van der Waals surface area contributed by atoms with Crippen LogP contribution in [0.1, 0.15) is 22.8 Å². The zero-order valence-electron chi connectivity index (χ0n) is 11.5. The molecule has 3 rings (SSSR count). The fourth-order valence-electron chi connectivity index (χ4n) is 2.37. The number of aromatic amines is 1. The molecule has 2 aromatic carbocycles. The predicted molar refractivity (Wildman–Crippen MR) is 80.2 cm³/mol. The fourth-order valence-corrected chi connectivity index (χ4v) is 2.37. The lowest BCUT2D eigenvalue weighted by Gasteiger charge is -2.05. The molecule has 0 radical (unpaired) electrons. The molecule has 0 aliphatic rings. The Labute approximate surface area is 120 Å². The van der Waals surface area contributed by atoms with Gasteiger partial charge in [0, 0.05) is 0 Å². The average Bonchev–Trinajstić information content (AvgIpc) is 2.82. The standard InChI is InChI=1S/C16H14N2O3/c1-2-10-3-6-12(7-4-10)18-14-9-11(15(19)20)5-8-13(14)17-16(18)21/h3-9H,2H2,1H3,(H,17,21)(H,19,20). The minimum atomic E-state index is -1.02. The number of hydrogen-bond acceptors (Lipinski definition) is 2. The number of aromatic carboxylic acids is 1. The van der Waals surface area contributed by atoms with E-state index in [1.165, 1.54) is 22.3 Å². The van der Waals surface area contributed by atoms with Crippen molar-refractivity contribution in [3.63, 3.8) is 0 Å². The molecule has 0 atom stereocenters. The highest BCUT2D eigenvalue weighted by Gasteiger charge is 2.11. The number of hydrogen-bond donors (Lipinski definition) is 2. The van der Waals surface area contributed by atoms with E-state index in [4.69, 9.17) is 5.11 Å². The van der Waals surface area contributed by atoms with Crippen LogP contribution in [0.3, 0.4) is 0 Å². The van der Waals surface area contributed by atoms with Gasteiger partial charge in [-0.1, -0.05) is 19.1 Å². The summed E-state index contributed by atoms with van der Waals surface area (Å²) in [4.78, 5) is 26.0. The SMILES string of the molecule is CCc1ccc(-n2c(=O)[nH]c3ccc(C(=O)O)cc32)cc1. The second-order valence-corrected chi connectivity index (χ2v) is 4.82. The number of carbonyl (C=O) groups is 1. The number of fused-ring (bicyclic) bond motifs is 1. The number of aryl methyl sites for hydroxylation is 1. The molecule has 0 amide bonds. The van der Waals surface area contributed by atoms with E-state index >= 15 is 0 Å². The average molecular weight is 282 g/mol. The van der Waals surface area contributed by atoms with Crippen molar-refractivity contribution in [1.82, 2.24) is 9.55 Å². The Balaban J connectivity index is 2.24. The van der Waals surface area contributed by atoms with E-state index in [1.807, 2.05) is 24.3 Å². The number of nitrogens with zero attached hydrogens (tertiary/aromatic N) is 1. The van der Waals surface area contributed by atoms with Crippen LogP contribution >= 0.6 is 0 Å². The maximum absolute atomic E-state index is 12.1. The van der Waals surface area contributed by atoms with Gasteiger partial charge in [-0.25, -0.2) is 9.59 Å². The number of nitrogens with one attached hydrogen (secondary N) is 1. The molecule has 5 heteroatoms. The molecular weight excluding hydrogens is 268 g/mol. The predicted octanol–water partition coefficient (Wildman–Crippen LogP) is 2.58. The van der Waals surface area contributed by atoms with E-state index in [0.29, 0.717) is 16.7 Å². The van der Waals surface area contributed by atoms with Crippen LogP contribution in [-0.4, -0.2) is 20.6 Å². The first-order valence-electron chi connectivity index (χ1n) is 6.67. The molecule has 0 fully saturated rings. The Morgan fingerprint density at radius 3 is 2.52 bits per heavy atom. The van der Waals surface area contributed by atoms with E-state index < -0.39 is 5.97 Å². The van der Waals surface area contributed by atoms with E-state index in [9.17, 15) is 9.59 Å². The van der Waals surface area contributed by atoms with Gasteiger partial charge < -0.3 is 10.1 Å². The molecule has 1 heterocycles. The van der Waals surface area contributed by atoms with Crippen LogP contribution in [0.25, 0.3) is 16.7 Å². The minimum absolute atomic E-state index is 0.153. The number of H-pyrrole nitrogens is 1. The maximum Gasteiger partial charge on any atom is 0.335 e. The number of carboxylic acid groups (broad SMARTS) is 1. The molecule has 106 valence electrons. The summed E-state index contributed by atoms with van der Waals surface area (Å²) in [5, 5.41) is 9.08. The third kappa shape index (κ3) is 2.23. The van der Waals surface area contributed by atoms with Crippen LogP contribution in [0.5, 0.6) is 0 Å². The van der Waals surface area contributed by atoms with Gasteiger partial charge in [-0.3, -0.25) is 4.57 Å². The topological polar surface area (TPSA) is 75.1 Å². The lowest BCUT2D eigenvalue weighted by molar-refractivity contribution is 0.0697. The smallest absolute Gasteiger partial charge is 0.335 e. The highest BCUT2D eigenvalue weighted by molar-refractivity contribution is 5.92. The molecule has 3 aromatic rings. The Kier molecular flexibility index (Phi) is 3.10. The second-order valence-electron chi connectivity index (χ2n) is 4.82. The molecule has 0 aliphatic heterocycles. The first kappa shape index (κ1) is 13.2. The fraction of sp³-hybridized carbons (Fsp3) is 0.125. The van der Waals surface area contributed by atoms with Gasteiger partial charge in [-0.05, 0) is 42.3 Å². The first-order chi connectivity index (χ1) is 10.1. The molecule has 0 unspecified atom stereocenters. The van der Waals surface area contributed by atoms with Crippen LogP contribution in [0.15, 0.2) is 47.3 Å². The number of aromatic nitrogens is 2. The van der Waals surface area contributed by atoms with Gasteiger partial charge in [0.2, 0.25) is 0 Å². The maximum atomic E-state index is 12.1. The Morgan fingerprint density at radius 1 is 1.19 bits per heavy atom. The summed E-state index contributed by atoms with van der Waals surface area (Å²) in [5.41, 5.74) is 2.94. The molecule has 1 aromatic heterocycles. The molecule has 0 saturated carbocycles. The van der Waals surface area contributed by atoms with Crippen molar-refractivity contribution in [3.8, 4) is 5.69 Å². The van der Waals surface area contributed by atoms with Gasteiger partial charge in [0.15, 0.2) is 0 Å². The number of carboxylic acids is 1. The quantitative estimate of drug-likeness (QED) is 0.775. The molecule has 0 bridgehead atoms. The lowest BCUT2D eigenvalue weighted by atomic mass is 10.1. The zero-order valence-corrected chi connectivity index (χ0v) is 11.5. The molecule has 0 spiro atoms. The molecule has 0 saturated heterocycles. The van der Waals surface area contributed by atoms with Gasteiger partial charge in [-0.2, -0.15) is 0 Å². The summed E-state index contributed by atoms with van der Waals surface area (Å²) in [6.45, 7) is 2.06. The van der Waals surface area contributed by atoms with Crippen LogP contribution in [0.4, 0.5) is 0 Å². The zero-order chi connectivity index (χ0) is 15.0. The third-order valence-electron chi connectivity index (χ3n) is 3.53. The Morgan fingerprint density at radius 2 is 1.90 bits per heavy atom. The van der Waals surface area contributed by atoms with Crippen molar-refractivity contribution in [1.29, 1.82) is 0 Å². The third-order valence-corrected chi connectivity index (χ3v) is 3.53. The first-order valence-corrected chi connectivity index (χ1v) is 6.67. The molecule has 21 heavy (non-hydrogen) atoms. The van der Waals surface area contributed by atoms with E-state index in [2.05, 4.69) is 11.9 Å². The Hall–Kier alpha value is -2.82. The summed E-state index contributed by atoms with van der Waals surface area (Å²) < 4.78 is 1.49. The highest BCUT2D eigenvalue weighted by Crippen LogP contribution is 2.18. The van der Waals surface area contributed by atoms with Gasteiger partial charge in [0.1, 0.15) is 0 Å². The van der Waals surface area contributed by atoms with Crippen molar-refractivity contribution >= 4 is 17.0 Å². The van der Waals surface area contributed by atoms with Gasteiger partial charge in [0.25, 0.3) is 0 Å². The van der Waals surface area contributed by atoms with Crippen molar-refractivity contribution in [2.75, 3.05) is 0 Å². The van der Waals surface area contributed by atoms with E-state index in [1.54, 1.807) is 6.07 Å². The summed E-state index contributed by atoms with van der Waals surface area (Å²) in [5.74, 6) is -1.02. The monoisotopic (exact) mass is 282 g/mol. The van der Waals surface area contributed by atoms with E-state index in [0.717, 1.165) is 6.42 Å². The summed E-state index contributed by atoms with van der Waals surface area (Å²) in [6.07, 6.45) is 0.923. The summed E-state index contributed by atoms with van der Waals surface area (Å²) in [7, 11) is 0. The van der Waals surface area contributed by atoms with Crippen molar-refractivity contribution < 1.29 is 9.90 Å². The molecule has 5 nitrogen and oxygen atoms in total. The molecule has 2 N–H and O–H groups in total. The van der Waals surface area contributed by atoms with Gasteiger partial charge >= 0.3 is 11.7 Å². The van der Waals surface area contributed by atoms with Crippen molar-refractivity contribution in [2.45, 2.75) is 13.3 Å². The number of benzene rings is 2. The lowest BCUT2D eigenvalue weighted by Crippen LogP contribution is -2.14.